The van der Waals surface area contributed by atoms with Gasteiger partial charge in [-0.1, -0.05) is 30.7 Å². The summed E-state index contributed by atoms with van der Waals surface area (Å²) in [4.78, 5) is 29.6. The molecular formula is C19H24N2O2. The van der Waals surface area contributed by atoms with Gasteiger partial charge in [-0.25, -0.2) is 0 Å². The third-order valence-electron chi connectivity index (χ3n) is 5.78. The fourth-order valence-electron chi connectivity index (χ4n) is 4.57. The van der Waals surface area contributed by atoms with Crippen LogP contribution in [0.2, 0.25) is 0 Å². The second-order valence-corrected chi connectivity index (χ2v) is 7.22. The van der Waals surface area contributed by atoms with Gasteiger partial charge in [0.15, 0.2) is 0 Å². The molecule has 3 aliphatic rings. The summed E-state index contributed by atoms with van der Waals surface area (Å²) in [6, 6.07) is 8.20. The molecule has 0 unspecified atom stereocenters. The van der Waals surface area contributed by atoms with Crippen LogP contribution >= 0.6 is 0 Å². The largest absolute Gasteiger partial charge is 0.286 e. The minimum Gasteiger partial charge on any atom is -0.286 e. The smallest absolute Gasteiger partial charge is 0.241 e. The molecule has 1 atom stereocenters. The molecule has 1 aromatic rings. The summed E-state index contributed by atoms with van der Waals surface area (Å²) in [7, 11) is 0. The predicted octanol–water partition coefficient (Wildman–Crippen LogP) is 2.46. The zero-order valence-corrected chi connectivity index (χ0v) is 13.6. The van der Waals surface area contributed by atoms with Crippen molar-refractivity contribution in [1.29, 1.82) is 0 Å². The van der Waals surface area contributed by atoms with E-state index in [1.54, 1.807) is 0 Å². The second kappa shape index (κ2) is 5.75. The van der Waals surface area contributed by atoms with Crippen LogP contribution in [-0.4, -0.2) is 41.4 Å². The van der Waals surface area contributed by atoms with Gasteiger partial charge in [-0.15, -0.1) is 0 Å². The minimum absolute atomic E-state index is 0.0114. The number of rotatable bonds is 2. The summed E-state index contributed by atoms with van der Waals surface area (Å²) >= 11 is 0. The first kappa shape index (κ1) is 14.9. The topological polar surface area (TPSA) is 40.6 Å². The third kappa shape index (κ3) is 2.40. The van der Waals surface area contributed by atoms with Crippen LogP contribution in [0.15, 0.2) is 24.3 Å². The number of hydrogen-bond acceptors (Lipinski definition) is 3. The Balaban J connectivity index is 1.62. The number of nitrogens with zero attached hydrogens (tertiary/aromatic N) is 2. The number of amides is 2. The van der Waals surface area contributed by atoms with Crippen LogP contribution < -0.4 is 0 Å². The summed E-state index contributed by atoms with van der Waals surface area (Å²) in [5.41, 5.74) is 1.77. The molecule has 0 bridgehead atoms. The maximum absolute atomic E-state index is 13.2. The number of benzene rings is 1. The highest BCUT2D eigenvalue weighted by Gasteiger charge is 2.54. The fourth-order valence-corrected chi connectivity index (χ4v) is 4.57. The SMILES string of the molecule is O=C1C[C@]2(CCCc3ccccc32)C(=O)N1CN1CCCCC1. The molecule has 4 heteroatoms. The molecule has 2 aliphatic heterocycles. The lowest BCUT2D eigenvalue weighted by molar-refractivity contribution is -0.142. The van der Waals surface area contributed by atoms with Gasteiger partial charge < -0.3 is 0 Å². The fraction of sp³-hybridized carbons (Fsp3) is 0.579. The lowest BCUT2D eigenvalue weighted by Crippen LogP contribution is -2.46. The molecule has 0 saturated carbocycles. The van der Waals surface area contributed by atoms with Gasteiger partial charge in [0.25, 0.3) is 0 Å². The van der Waals surface area contributed by atoms with Crippen LogP contribution in [0.4, 0.5) is 0 Å². The summed E-state index contributed by atoms with van der Waals surface area (Å²) in [6.07, 6.45) is 6.78. The molecule has 1 aromatic carbocycles. The number of carbonyl (C=O) groups is 2. The lowest BCUT2D eigenvalue weighted by atomic mass is 9.69. The first-order valence-corrected chi connectivity index (χ1v) is 8.86. The zero-order valence-electron chi connectivity index (χ0n) is 13.6. The molecule has 4 nitrogen and oxygen atoms in total. The Hall–Kier alpha value is -1.68. The number of likely N-dealkylation sites (tertiary alicyclic amines) is 2. The number of fused-ring (bicyclic) bond motifs is 2. The lowest BCUT2D eigenvalue weighted by Gasteiger charge is -2.34. The van der Waals surface area contributed by atoms with E-state index in [-0.39, 0.29) is 11.8 Å². The quantitative estimate of drug-likeness (QED) is 0.788. The normalized spacial score (nSPS) is 28.4. The molecule has 1 spiro atoms. The molecule has 0 radical (unpaired) electrons. The number of piperidine rings is 1. The Kier molecular flexibility index (Phi) is 3.72. The van der Waals surface area contributed by atoms with E-state index in [2.05, 4.69) is 17.0 Å². The van der Waals surface area contributed by atoms with E-state index in [4.69, 9.17) is 0 Å². The highest BCUT2D eigenvalue weighted by atomic mass is 16.2. The van der Waals surface area contributed by atoms with E-state index in [9.17, 15) is 9.59 Å². The minimum atomic E-state index is -0.582. The molecule has 122 valence electrons. The highest BCUT2D eigenvalue weighted by Crippen LogP contribution is 2.45. The number of aryl methyl sites for hydroxylation is 1. The molecule has 23 heavy (non-hydrogen) atoms. The van der Waals surface area contributed by atoms with Crippen molar-refractivity contribution in [3.8, 4) is 0 Å². The number of carbonyl (C=O) groups excluding carboxylic acids is 2. The molecule has 0 N–H and O–H groups in total. The third-order valence-corrected chi connectivity index (χ3v) is 5.78. The molecule has 0 aromatic heterocycles. The van der Waals surface area contributed by atoms with Gasteiger partial charge in [0, 0.05) is 6.42 Å². The Morgan fingerprint density at radius 2 is 1.78 bits per heavy atom. The average molecular weight is 312 g/mol. The summed E-state index contributed by atoms with van der Waals surface area (Å²) in [5.74, 6) is 0.0532. The van der Waals surface area contributed by atoms with Crippen molar-refractivity contribution < 1.29 is 9.59 Å². The molecule has 4 rings (SSSR count). The van der Waals surface area contributed by atoms with E-state index in [0.717, 1.165) is 37.9 Å². The summed E-state index contributed by atoms with van der Waals surface area (Å²) in [6.45, 7) is 2.49. The van der Waals surface area contributed by atoms with Gasteiger partial charge in [0.2, 0.25) is 11.8 Å². The van der Waals surface area contributed by atoms with Crippen molar-refractivity contribution in [1.82, 2.24) is 9.80 Å². The zero-order chi connectivity index (χ0) is 15.9. The molecule has 2 heterocycles. The first-order valence-electron chi connectivity index (χ1n) is 8.86. The predicted molar refractivity (Wildman–Crippen MR) is 87.8 cm³/mol. The Bertz CT molecular complexity index is 636. The van der Waals surface area contributed by atoms with Crippen LogP contribution in [0.1, 0.15) is 49.7 Å². The van der Waals surface area contributed by atoms with E-state index in [1.165, 1.54) is 29.7 Å². The van der Waals surface area contributed by atoms with Crippen molar-refractivity contribution in [2.24, 2.45) is 0 Å². The van der Waals surface area contributed by atoms with E-state index in [0.29, 0.717) is 13.1 Å². The van der Waals surface area contributed by atoms with Crippen LogP contribution in [0, 0.1) is 0 Å². The van der Waals surface area contributed by atoms with Gasteiger partial charge in [-0.05, 0) is 56.3 Å². The number of imide groups is 1. The second-order valence-electron chi connectivity index (χ2n) is 7.22. The first-order chi connectivity index (χ1) is 11.2. The number of hydrogen-bond donors (Lipinski definition) is 0. The maximum atomic E-state index is 13.2. The molecule has 1 aliphatic carbocycles. The molecule has 2 saturated heterocycles. The average Bonchev–Trinajstić information content (AvgIpc) is 2.81. The van der Waals surface area contributed by atoms with E-state index in [1.807, 2.05) is 12.1 Å². The standard InChI is InChI=1S/C19H24N2O2/c22-17-13-19(10-6-8-15-7-2-3-9-16(15)19)18(23)21(17)14-20-11-4-1-5-12-20/h2-3,7,9H,1,4-6,8,10-14H2/t19-/m0/s1. The van der Waals surface area contributed by atoms with Crippen molar-refractivity contribution in [3.05, 3.63) is 35.4 Å². The molecule has 2 amide bonds. The van der Waals surface area contributed by atoms with Gasteiger partial charge in [0.05, 0.1) is 12.1 Å². The van der Waals surface area contributed by atoms with Gasteiger partial charge in [-0.3, -0.25) is 19.4 Å². The Morgan fingerprint density at radius 1 is 1.00 bits per heavy atom. The highest BCUT2D eigenvalue weighted by molar-refractivity contribution is 6.09. The van der Waals surface area contributed by atoms with Crippen molar-refractivity contribution >= 4 is 11.8 Å². The van der Waals surface area contributed by atoms with Gasteiger partial charge in [0.1, 0.15) is 0 Å². The monoisotopic (exact) mass is 312 g/mol. The van der Waals surface area contributed by atoms with Crippen LogP contribution in [0.3, 0.4) is 0 Å². The summed E-state index contributed by atoms with van der Waals surface area (Å²) < 4.78 is 0. The van der Waals surface area contributed by atoms with Crippen LogP contribution in [0.5, 0.6) is 0 Å². The van der Waals surface area contributed by atoms with Crippen LogP contribution in [-0.2, 0) is 21.4 Å². The van der Waals surface area contributed by atoms with Crippen molar-refractivity contribution in [2.75, 3.05) is 19.8 Å². The van der Waals surface area contributed by atoms with Crippen molar-refractivity contribution in [3.63, 3.8) is 0 Å². The molecule has 2 fully saturated rings. The summed E-state index contributed by atoms with van der Waals surface area (Å²) in [5, 5.41) is 0. The maximum Gasteiger partial charge on any atom is 0.241 e. The van der Waals surface area contributed by atoms with Gasteiger partial charge >= 0.3 is 0 Å². The molecular weight excluding hydrogens is 288 g/mol. The Labute approximate surface area is 137 Å². The van der Waals surface area contributed by atoms with Crippen molar-refractivity contribution in [2.45, 2.75) is 50.4 Å². The van der Waals surface area contributed by atoms with Gasteiger partial charge in [-0.2, -0.15) is 0 Å². The van der Waals surface area contributed by atoms with Crippen LogP contribution in [0.25, 0.3) is 0 Å². The van der Waals surface area contributed by atoms with E-state index >= 15 is 0 Å². The Morgan fingerprint density at radius 3 is 2.61 bits per heavy atom. The van der Waals surface area contributed by atoms with E-state index < -0.39 is 5.41 Å².